The summed E-state index contributed by atoms with van der Waals surface area (Å²) in [6, 6.07) is 0. The van der Waals surface area contributed by atoms with Gasteiger partial charge in [-0.1, -0.05) is 5.21 Å². The zero-order valence-electron chi connectivity index (χ0n) is 4.59. The molecule has 0 fully saturated rings. The minimum Gasteiger partial charge on any atom is -0.249 e. The second-order valence-corrected chi connectivity index (χ2v) is 2.28. The lowest BCUT2D eigenvalue weighted by Crippen LogP contribution is -2.01. The fourth-order valence-electron chi connectivity index (χ4n) is 0.477. The van der Waals surface area contributed by atoms with Gasteiger partial charge in [-0.15, -0.1) is 5.10 Å². The van der Waals surface area contributed by atoms with E-state index in [2.05, 4.69) is 26.2 Å². The lowest BCUT2D eigenvalue weighted by molar-refractivity contribution is 0.418. The molecule has 5 heteroatoms. The van der Waals surface area contributed by atoms with Crippen LogP contribution in [0.15, 0.2) is 10.8 Å². The largest absolute Gasteiger partial charge is 0.249 e. The van der Waals surface area contributed by atoms with E-state index < -0.39 is 6.67 Å². The third-order valence-corrected chi connectivity index (χ3v) is 1.48. The quantitative estimate of drug-likeness (QED) is 0.703. The average Bonchev–Trinajstić information content (AvgIpc) is 2.18. The molecule has 0 unspecified atom stereocenters. The highest BCUT2D eigenvalue weighted by atomic mass is 79.9. The Bertz CT molecular complexity index is 188. The van der Waals surface area contributed by atoms with Crippen LogP contribution in [-0.2, 0) is 6.54 Å². The Kier molecular flexibility index (Phi) is 2.16. The first-order chi connectivity index (χ1) is 4.34. The predicted octanol–water partition coefficient (Wildman–Crippen LogP) is 1.01. The van der Waals surface area contributed by atoms with Gasteiger partial charge in [-0.05, 0) is 15.9 Å². The molecule has 0 saturated heterocycles. The summed E-state index contributed by atoms with van der Waals surface area (Å²) in [5.74, 6) is 0. The first-order valence-corrected chi connectivity index (χ1v) is 3.24. The molecule has 0 radical (unpaired) electrons. The van der Waals surface area contributed by atoms with E-state index in [4.69, 9.17) is 0 Å². The number of halogens is 2. The molecular formula is C4H5BrFN3. The van der Waals surface area contributed by atoms with E-state index in [1.807, 2.05) is 0 Å². The van der Waals surface area contributed by atoms with E-state index in [1.54, 1.807) is 0 Å². The van der Waals surface area contributed by atoms with Crippen molar-refractivity contribution in [3.8, 4) is 0 Å². The molecule has 0 aliphatic heterocycles. The highest BCUT2D eigenvalue weighted by Gasteiger charge is 1.96. The van der Waals surface area contributed by atoms with Crippen molar-refractivity contribution in [3.05, 3.63) is 10.8 Å². The molecule has 1 aromatic heterocycles. The molecule has 0 saturated carbocycles. The minimum absolute atomic E-state index is 0.264. The standard InChI is InChI=1S/C4H5BrFN3/c5-4-3-7-8-9(4)2-1-6/h3H,1-2H2. The zero-order chi connectivity index (χ0) is 6.69. The molecule has 0 bridgehead atoms. The summed E-state index contributed by atoms with van der Waals surface area (Å²) in [5, 5.41) is 7.13. The van der Waals surface area contributed by atoms with Crippen molar-refractivity contribution in [1.82, 2.24) is 15.0 Å². The Morgan fingerprint density at radius 3 is 3.00 bits per heavy atom. The normalized spacial score (nSPS) is 10.0. The molecule has 1 heterocycles. The number of aryl methyl sites for hydroxylation is 1. The van der Waals surface area contributed by atoms with Gasteiger partial charge >= 0.3 is 0 Å². The van der Waals surface area contributed by atoms with E-state index in [0.717, 1.165) is 0 Å². The molecule has 0 aliphatic carbocycles. The van der Waals surface area contributed by atoms with Gasteiger partial charge in [-0.2, -0.15) is 0 Å². The molecule has 1 aromatic rings. The van der Waals surface area contributed by atoms with Gasteiger partial charge in [0, 0.05) is 0 Å². The molecular weight excluding hydrogens is 189 g/mol. The van der Waals surface area contributed by atoms with Crippen molar-refractivity contribution < 1.29 is 4.39 Å². The van der Waals surface area contributed by atoms with Crippen molar-refractivity contribution in [3.63, 3.8) is 0 Å². The summed E-state index contributed by atoms with van der Waals surface area (Å²) in [4.78, 5) is 0. The molecule has 1 rings (SSSR count). The van der Waals surface area contributed by atoms with Crippen molar-refractivity contribution in [2.45, 2.75) is 6.54 Å². The third-order valence-electron chi connectivity index (χ3n) is 0.867. The topological polar surface area (TPSA) is 30.7 Å². The maximum atomic E-state index is 11.6. The smallest absolute Gasteiger partial charge is 0.124 e. The Labute approximate surface area is 60.0 Å². The third kappa shape index (κ3) is 1.48. The van der Waals surface area contributed by atoms with E-state index in [9.17, 15) is 4.39 Å². The van der Waals surface area contributed by atoms with E-state index in [1.165, 1.54) is 10.9 Å². The van der Waals surface area contributed by atoms with Crippen molar-refractivity contribution in [2.75, 3.05) is 6.67 Å². The SMILES string of the molecule is FCCn1nncc1Br. The molecule has 50 valence electrons. The van der Waals surface area contributed by atoms with Crippen LogP contribution in [0.25, 0.3) is 0 Å². The molecule has 0 aromatic carbocycles. The van der Waals surface area contributed by atoms with Crippen molar-refractivity contribution in [1.29, 1.82) is 0 Å². The Balaban J connectivity index is 2.69. The van der Waals surface area contributed by atoms with E-state index in [-0.39, 0.29) is 6.54 Å². The highest BCUT2D eigenvalue weighted by molar-refractivity contribution is 9.10. The number of alkyl halides is 1. The number of nitrogens with zero attached hydrogens (tertiary/aromatic N) is 3. The van der Waals surface area contributed by atoms with Crippen LogP contribution in [0.5, 0.6) is 0 Å². The number of aromatic nitrogens is 3. The Morgan fingerprint density at radius 1 is 1.78 bits per heavy atom. The van der Waals surface area contributed by atoms with Gasteiger partial charge in [-0.3, -0.25) is 0 Å². The van der Waals surface area contributed by atoms with Crippen molar-refractivity contribution >= 4 is 15.9 Å². The minimum atomic E-state index is -0.415. The summed E-state index contributed by atoms with van der Waals surface area (Å²) in [6.45, 7) is -0.150. The summed E-state index contributed by atoms with van der Waals surface area (Å²) >= 11 is 3.14. The maximum Gasteiger partial charge on any atom is 0.124 e. The molecule has 0 N–H and O–H groups in total. The molecule has 3 nitrogen and oxygen atoms in total. The first kappa shape index (κ1) is 6.67. The lowest BCUT2D eigenvalue weighted by Gasteiger charge is -1.93. The van der Waals surface area contributed by atoms with Crippen LogP contribution < -0.4 is 0 Å². The molecule has 0 aliphatic rings. The molecule has 0 spiro atoms. The predicted molar refractivity (Wildman–Crippen MR) is 33.7 cm³/mol. The summed E-state index contributed by atoms with van der Waals surface area (Å²) < 4.78 is 13.8. The highest BCUT2D eigenvalue weighted by Crippen LogP contribution is 2.04. The van der Waals surface area contributed by atoms with Gasteiger partial charge in [0.25, 0.3) is 0 Å². The van der Waals surface area contributed by atoms with Gasteiger partial charge in [0.2, 0.25) is 0 Å². The van der Waals surface area contributed by atoms with Crippen LogP contribution in [0.4, 0.5) is 4.39 Å². The monoisotopic (exact) mass is 193 g/mol. The van der Waals surface area contributed by atoms with Crippen LogP contribution in [0.3, 0.4) is 0 Å². The fraction of sp³-hybridized carbons (Fsp3) is 0.500. The van der Waals surface area contributed by atoms with Gasteiger partial charge in [0.15, 0.2) is 0 Å². The Hall–Kier alpha value is -0.450. The summed E-state index contributed by atoms with van der Waals surface area (Å²) in [7, 11) is 0. The summed E-state index contributed by atoms with van der Waals surface area (Å²) in [6.07, 6.45) is 1.52. The lowest BCUT2D eigenvalue weighted by atomic mass is 10.7. The van der Waals surface area contributed by atoms with Crippen LogP contribution >= 0.6 is 15.9 Å². The average molecular weight is 194 g/mol. The number of rotatable bonds is 2. The van der Waals surface area contributed by atoms with Crippen LogP contribution in [0.2, 0.25) is 0 Å². The second kappa shape index (κ2) is 2.91. The van der Waals surface area contributed by atoms with E-state index >= 15 is 0 Å². The van der Waals surface area contributed by atoms with Gasteiger partial charge in [0.1, 0.15) is 11.3 Å². The van der Waals surface area contributed by atoms with Crippen LogP contribution in [0.1, 0.15) is 0 Å². The fourth-order valence-corrected chi connectivity index (χ4v) is 0.817. The first-order valence-electron chi connectivity index (χ1n) is 2.44. The maximum absolute atomic E-state index is 11.6. The van der Waals surface area contributed by atoms with Gasteiger partial charge in [-0.25, -0.2) is 9.07 Å². The van der Waals surface area contributed by atoms with Gasteiger partial charge in [0.05, 0.1) is 12.7 Å². The van der Waals surface area contributed by atoms with Gasteiger partial charge < -0.3 is 0 Å². The zero-order valence-corrected chi connectivity index (χ0v) is 6.18. The number of hydrogen-bond donors (Lipinski definition) is 0. The second-order valence-electron chi connectivity index (χ2n) is 1.47. The number of hydrogen-bond acceptors (Lipinski definition) is 2. The summed E-state index contributed by atoms with van der Waals surface area (Å²) in [5.41, 5.74) is 0. The molecule has 0 amide bonds. The van der Waals surface area contributed by atoms with Crippen LogP contribution in [-0.4, -0.2) is 21.7 Å². The van der Waals surface area contributed by atoms with Crippen LogP contribution in [0, 0.1) is 0 Å². The van der Waals surface area contributed by atoms with Crippen molar-refractivity contribution in [2.24, 2.45) is 0 Å². The Morgan fingerprint density at radius 2 is 2.56 bits per heavy atom. The van der Waals surface area contributed by atoms with E-state index in [0.29, 0.717) is 4.60 Å². The molecule has 9 heavy (non-hydrogen) atoms. The molecule has 0 atom stereocenters.